The number of alkyl halides is 1. The van der Waals surface area contributed by atoms with Crippen LogP contribution in [0.25, 0.3) is 0 Å². The van der Waals surface area contributed by atoms with E-state index in [9.17, 15) is 4.39 Å². The molecule has 0 bridgehead atoms. The van der Waals surface area contributed by atoms with Crippen LogP contribution in [0.15, 0.2) is 0 Å². The van der Waals surface area contributed by atoms with Crippen LogP contribution < -0.4 is 0 Å². The molecule has 2 aliphatic rings. The van der Waals surface area contributed by atoms with Crippen molar-refractivity contribution < 1.29 is 4.39 Å². The van der Waals surface area contributed by atoms with Gasteiger partial charge in [-0.15, -0.1) is 0 Å². The summed E-state index contributed by atoms with van der Waals surface area (Å²) >= 11 is 0. The highest BCUT2D eigenvalue weighted by atomic mass is 19.1. The Kier molecular flexibility index (Phi) is 7.71. The van der Waals surface area contributed by atoms with Gasteiger partial charge in [0.05, 0.1) is 0 Å². The van der Waals surface area contributed by atoms with Crippen molar-refractivity contribution in [2.75, 3.05) is 0 Å². The van der Waals surface area contributed by atoms with E-state index in [0.29, 0.717) is 17.8 Å². The highest BCUT2D eigenvalue weighted by Gasteiger charge is 2.36. The van der Waals surface area contributed by atoms with Crippen molar-refractivity contribution in [3.8, 4) is 0 Å². The normalized spacial score (nSPS) is 37.9. The lowest BCUT2D eigenvalue weighted by molar-refractivity contribution is 0.0574. The molecular weight excluding hydrogens is 271 g/mol. The van der Waals surface area contributed by atoms with E-state index in [4.69, 9.17) is 0 Å². The average molecular weight is 311 g/mol. The van der Waals surface area contributed by atoms with Gasteiger partial charge in [-0.1, -0.05) is 65.7 Å². The minimum absolute atomic E-state index is 0.405. The Hall–Kier alpha value is -0.0700. The van der Waals surface area contributed by atoms with E-state index in [0.717, 1.165) is 18.3 Å². The molecule has 0 amide bonds. The smallest absolute Gasteiger partial charge is 0.103 e. The molecule has 0 nitrogen and oxygen atoms in total. The summed E-state index contributed by atoms with van der Waals surface area (Å²) in [6, 6.07) is 0. The second-order valence-corrected chi connectivity index (χ2v) is 8.70. The third kappa shape index (κ3) is 5.53. The quantitative estimate of drug-likeness (QED) is 0.467. The van der Waals surface area contributed by atoms with Gasteiger partial charge in [-0.05, 0) is 61.7 Å². The molecule has 2 aliphatic carbocycles. The zero-order valence-corrected chi connectivity index (χ0v) is 15.3. The van der Waals surface area contributed by atoms with Crippen LogP contribution in [0.1, 0.15) is 97.8 Å². The Morgan fingerprint density at radius 1 is 1.00 bits per heavy atom. The summed E-state index contributed by atoms with van der Waals surface area (Å²) in [5, 5.41) is 0. The Morgan fingerprint density at radius 3 is 2.36 bits per heavy atom. The van der Waals surface area contributed by atoms with Gasteiger partial charge in [0.25, 0.3) is 0 Å². The van der Waals surface area contributed by atoms with E-state index in [1.54, 1.807) is 0 Å². The third-order valence-electron chi connectivity index (χ3n) is 6.69. The summed E-state index contributed by atoms with van der Waals surface area (Å²) in [4.78, 5) is 0. The monoisotopic (exact) mass is 310 g/mol. The first kappa shape index (κ1) is 18.3. The molecule has 22 heavy (non-hydrogen) atoms. The lowest BCUT2D eigenvalue weighted by Gasteiger charge is -2.39. The highest BCUT2D eigenvalue weighted by Crippen LogP contribution is 2.43. The van der Waals surface area contributed by atoms with Gasteiger partial charge in [-0.2, -0.15) is 0 Å². The molecule has 0 aromatic carbocycles. The maximum atomic E-state index is 14.7. The van der Waals surface area contributed by atoms with E-state index in [-0.39, 0.29) is 0 Å². The van der Waals surface area contributed by atoms with E-state index in [2.05, 4.69) is 20.8 Å². The Morgan fingerprint density at radius 2 is 1.73 bits per heavy atom. The van der Waals surface area contributed by atoms with Crippen molar-refractivity contribution in [1.29, 1.82) is 0 Å². The van der Waals surface area contributed by atoms with Crippen molar-refractivity contribution in [2.45, 2.75) is 104 Å². The van der Waals surface area contributed by atoms with Gasteiger partial charge < -0.3 is 0 Å². The first-order chi connectivity index (χ1) is 10.6. The van der Waals surface area contributed by atoms with Crippen LogP contribution >= 0.6 is 0 Å². The molecule has 0 aromatic heterocycles. The largest absolute Gasteiger partial charge is 0.247 e. The Bertz CT molecular complexity index is 292. The van der Waals surface area contributed by atoms with Gasteiger partial charge >= 0.3 is 0 Å². The van der Waals surface area contributed by atoms with Crippen molar-refractivity contribution in [2.24, 2.45) is 29.6 Å². The topological polar surface area (TPSA) is 0 Å². The average Bonchev–Trinajstić information content (AvgIpc) is 2.49. The van der Waals surface area contributed by atoms with Crippen LogP contribution in [0.5, 0.6) is 0 Å². The molecule has 0 radical (unpaired) electrons. The summed E-state index contributed by atoms with van der Waals surface area (Å²) in [6.07, 6.45) is 14.8. The van der Waals surface area contributed by atoms with Crippen LogP contribution in [0.4, 0.5) is 4.39 Å². The fourth-order valence-electron chi connectivity index (χ4n) is 5.12. The maximum absolute atomic E-state index is 14.7. The molecule has 0 aliphatic heterocycles. The van der Waals surface area contributed by atoms with E-state index in [1.165, 1.54) is 70.6 Å². The molecule has 2 saturated carbocycles. The van der Waals surface area contributed by atoms with Gasteiger partial charge in [0.1, 0.15) is 6.17 Å². The third-order valence-corrected chi connectivity index (χ3v) is 6.69. The first-order valence-electron chi connectivity index (χ1n) is 10.2. The van der Waals surface area contributed by atoms with Crippen LogP contribution in [-0.2, 0) is 0 Å². The molecule has 2 rings (SSSR count). The molecule has 4 unspecified atom stereocenters. The summed E-state index contributed by atoms with van der Waals surface area (Å²) < 4.78 is 14.7. The van der Waals surface area contributed by atoms with Crippen molar-refractivity contribution in [1.82, 2.24) is 0 Å². The predicted molar refractivity (Wildman–Crippen MR) is 94.8 cm³/mol. The van der Waals surface area contributed by atoms with Crippen LogP contribution in [-0.4, -0.2) is 6.17 Å². The molecule has 2 fully saturated rings. The van der Waals surface area contributed by atoms with Crippen LogP contribution in [0, 0.1) is 29.6 Å². The van der Waals surface area contributed by atoms with E-state index < -0.39 is 6.17 Å². The molecular formula is C21H39F. The summed E-state index contributed by atoms with van der Waals surface area (Å²) in [5.74, 6) is 3.55. The molecule has 0 N–H and O–H groups in total. The molecule has 0 saturated heterocycles. The van der Waals surface area contributed by atoms with Gasteiger partial charge in [0.15, 0.2) is 0 Å². The molecule has 130 valence electrons. The van der Waals surface area contributed by atoms with E-state index in [1.807, 2.05) is 0 Å². The molecule has 1 heteroatoms. The zero-order valence-electron chi connectivity index (χ0n) is 15.3. The molecule has 0 spiro atoms. The lowest BCUT2D eigenvalue weighted by atomic mass is 9.68. The molecule has 0 aromatic rings. The fourth-order valence-corrected chi connectivity index (χ4v) is 5.12. The number of hydrogen-bond acceptors (Lipinski definition) is 0. The SMILES string of the molecule is CCCC(C)CCCC1CCC(C2CCC(C)CC2)C(F)C1. The molecule has 4 atom stereocenters. The summed E-state index contributed by atoms with van der Waals surface area (Å²) in [6.45, 7) is 7.01. The van der Waals surface area contributed by atoms with Gasteiger partial charge in [-0.25, -0.2) is 4.39 Å². The first-order valence-corrected chi connectivity index (χ1v) is 10.2. The Labute approximate surface area is 138 Å². The lowest BCUT2D eigenvalue weighted by Crippen LogP contribution is -2.33. The minimum atomic E-state index is -0.495. The number of halogens is 1. The van der Waals surface area contributed by atoms with Gasteiger partial charge in [-0.3, -0.25) is 0 Å². The van der Waals surface area contributed by atoms with Gasteiger partial charge in [0, 0.05) is 0 Å². The van der Waals surface area contributed by atoms with Crippen molar-refractivity contribution in [3.63, 3.8) is 0 Å². The summed E-state index contributed by atoms with van der Waals surface area (Å²) in [7, 11) is 0. The second kappa shape index (κ2) is 9.28. The van der Waals surface area contributed by atoms with Crippen molar-refractivity contribution in [3.05, 3.63) is 0 Å². The number of rotatable bonds is 7. The Balaban J connectivity index is 1.66. The van der Waals surface area contributed by atoms with Gasteiger partial charge in [0.2, 0.25) is 0 Å². The minimum Gasteiger partial charge on any atom is -0.247 e. The second-order valence-electron chi connectivity index (χ2n) is 8.70. The predicted octanol–water partition coefficient (Wildman–Crippen LogP) is 7.17. The summed E-state index contributed by atoms with van der Waals surface area (Å²) in [5.41, 5.74) is 0. The van der Waals surface area contributed by atoms with E-state index >= 15 is 0 Å². The van der Waals surface area contributed by atoms with Crippen molar-refractivity contribution >= 4 is 0 Å². The molecule has 0 heterocycles. The highest BCUT2D eigenvalue weighted by molar-refractivity contribution is 4.86. The fraction of sp³-hybridized carbons (Fsp3) is 1.00. The zero-order chi connectivity index (χ0) is 15.9. The standard InChI is InChI=1S/C21H39F/c1-4-6-16(2)7-5-8-18-11-14-20(21(22)15-18)19-12-9-17(3)10-13-19/h16-21H,4-15H2,1-3H3. The number of hydrogen-bond donors (Lipinski definition) is 0. The van der Waals surface area contributed by atoms with Crippen LogP contribution in [0.2, 0.25) is 0 Å². The van der Waals surface area contributed by atoms with Crippen LogP contribution in [0.3, 0.4) is 0 Å². The maximum Gasteiger partial charge on any atom is 0.103 e.